The van der Waals surface area contributed by atoms with Crippen LogP contribution in [0.4, 0.5) is 0 Å². The number of aliphatic carboxylic acids is 1. The van der Waals surface area contributed by atoms with Gasteiger partial charge in [-0.25, -0.2) is 4.79 Å². The Bertz CT molecular complexity index is 442. The second-order valence-electron chi connectivity index (χ2n) is 4.48. The molecule has 2 rings (SSSR count). The zero-order chi connectivity index (χ0) is 13.2. The van der Waals surface area contributed by atoms with Crippen LogP contribution in [0.5, 0.6) is 5.75 Å². The van der Waals surface area contributed by atoms with E-state index in [2.05, 4.69) is 0 Å². The van der Waals surface area contributed by atoms with Gasteiger partial charge in [-0.15, -0.1) is 0 Å². The van der Waals surface area contributed by atoms with Crippen molar-refractivity contribution in [2.75, 3.05) is 13.2 Å². The van der Waals surface area contributed by atoms with Crippen LogP contribution >= 0.6 is 11.6 Å². The molecule has 1 aliphatic rings. The molecule has 0 aliphatic carbocycles. The first-order chi connectivity index (χ1) is 8.54. The molecule has 5 heteroatoms. The number of carboxylic acid groups (broad SMARTS) is 1. The number of epoxide rings is 1. The van der Waals surface area contributed by atoms with Gasteiger partial charge in [0.1, 0.15) is 5.75 Å². The predicted octanol–water partition coefficient (Wildman–Crippen LogP) is 2.60. The van der Waals surface area contributed by atoms with E-state index in [-0.39, 0.29) is 5.92 Å². The molecular weight excluding hydrogens is 256 g/mol. The minimum Gasteiger partial charge on any atom is -0.494 e. The molecule has 1 heterocycles. The fourth-order valence-electron chi connectivity index (χ4n) is 1.84. The van der Waals surface area contributed by atoms with Gasteiger partial charge in [0.05, 0.1) is 13.2 Å². The molecule has 4 nitrogen and oxygen atoms in total. The molecule has 1 aliphatic heterocycles. The summed E-state index contributed by atoms with van der Waals surface area (Å²) < 4.78 is 10.6. The van der Waals surface area contributed by atoms with Crippen LogP contribution in [0.25, 0.3) is 0 Å². The highest BCUT2D eigenvalue weighted by atomic mass is 35.5. The number of benzene rings is 1. The number of carboxylic acids is 1. The lowest BCUT2D eigenvalue weighted by molar-refractivity contribution is -0.145. The van der Waals surface area contributed by atoms with E-state index in [1.165, 1.54) is 0 Å². The summed E-state index contributed by atoms with van der Waals surface area (Å²) in [5.74, 6) is -0.275. The fourth-order valence-corrected chi connectivity index (χ4v) is 2.02. The van der Waals surface area contributed by atoms with Crippen LogP contribution in [0, 0.1) is 5.92 Å². The van der Waals surface area contributed by atoms with Crippen LogP contribution in [0.15, 0.2) is 24.3 Å². The molecule has 0 saturated carbocycles. The van der Waals surface area contributed by atoms with Gasteiger partial charge in [0.15, 0.2) is 5.60 Å². The third kappa shape index (κ3) is 2.76. The summed E-state index contributed by atoms with van der Waals surface area (Å²) in [7, 11) is 0. The maximum atomic E-state index is 11.0. The molecule has 2 unspecified atom stereocenters. The van der Waals surface area contributed by atoms with Crippen LogP contribution in [0.2, 0.25) is 5.02 Å². The molecule has 0 amide bonds. The van der Waals surface area contributed by atoms with Crippen molar-refractivity contribution in [3.8, 4) is 5.75 Å². The topological polar surface area (TPSA) is 59.1 Å². The maximum Gasteiger partial charge on any atom is 0.338 e. The molecule has 1 aromatic carbocycles. The summed E-state index contributed by atoms with van der Waals surface area (Å²) in [6.45, 7) is 2.60. The fraction of sp³-hybridized carbons (Fsp3) is 0.462. The Morgan fingerprint density at radius 1 is 1.67 bits per heavy atom. The molecular formula is C13H15ClO4. The van der Waals surface area contributed by atoms with Crippen LogP contribution in [-0.4, -0.2) is 29.9 Å². The minimum atomic E-state index is -0.988. The Kier molecular flexibility index (Phi) is 3.78. The van der Waals surface area contributed by atoms with Crippen molar-refractivity contribution in [2.45, 2.75) is 18.9 Å². The highest BCUT2D eigenvalue weighted by Gasteiger charge is 2.56. The van der Waals surface area contributed by atoms with Gasteiger partial charge in [-0.1, -0.05) is 24.6 Å². The third-order valence-electron chi connectivity index (χ3n) is 3.23. The number of hydrogen-bond donors (Lipinski definition) is 1. The monoisotopic (exact) mass is 270 g/mol. The quantitative estimate of drug-likeness (QED) is 0.807. The van der Waals surface area contributed by atoms with Crippen LogP contribution in [0.1, 0.15) is 13.3 Å². The number of carbonyl (C=O) groups is 1. The van der Waals surface area contributed by atoms with Gasteiger partial charge in [-0.05, 0) is 24.6 Å². The molecule has 1 aromatic rings. The Morgan fingerprint density at radius 3 is 2.94 bits per heavy atom. The van der Waals surface area contributed by atoms with Gasteiger partial charge in [0, 0.05) is 10.9 Å². The standard InChI is InChI=1S/C13H15ClO4/c1-9(13(8-18-13)12(15)16)5-6-17-11-4-2-3-10(14)7-11/h2-4,7,9H,5-6,8H2,1H3,(H,15,16). The van der Waals surface area contributed by atoms with Gasteiger partial charge in [0.25, 0.3) is 0 Å². The lowest BCUT2D eigenvalue weighted by Crippen LogP contribution is -2.32. The first-order valence-electron chi connectivity index (χ1n) is 5.80. The largest absolute Gasteiger partial charge is 0.494 e. The number of ether oxygens (including phenoxy) is 2. The van der Waals surface area contributed by atoms with E-state index in [0.29, 0.717) is 30.4 Å². The molecule has 18 heavy (non-hydrogen) atoms. The van der Waals surface area contributed by atoms with Crippen molar-refractivity contribution in [1.29, 1.82) is 0 Å². The van der Waals surface area contributed by atoms with Crippen molar-refractivity contribution in [2.24, 2.45) is 5.92 Å². The highest BCUT2D eigenvalue weighted by molar-refractivity contribution is 6.30. The molecule has 2 atom stereocenters. The molecule has 1 saturated heterocycles. The number of halogens is 1. The first-order valence-corrected chi connectivity index (χ1v) is 6.18. The number of hydrogen-bond acceptors (Lipinski definition) is 3. The first kappa shape index (κ1) is 13.2. The Morgan fingerprint density at radius 2 is 2.39 bits per heavy atom. The second kappa shape index (κ2) is 5.16. The zero-order valence-electron chi connectivity index (χ0n) is 10.1. The van der Waals surface area contributed by atoms with Gasteiger partial charge in [0.2, 0.25) is 0 Å². The van der Waals surface area contributed by atoms with E-state index in [1.807, 2.05) is 19.1 Å². The van der Waals surface area contributed by atoms with Crippen molar-refractivity contribution in [1.82, 2.24) is 0 Å². The van der Waals surface area contributed by atoms with E-state index in [0.717, 1.165) is 0 Å². The van der Waals surface area contributed by atoms with Gasteiger partial charge >= 0.3 is 5.97 Å². The normalized spacial score (nSPS) is 23.4. The van der Waals surface area contributed by atoms with Crippen molar-refractivity contribution in [3.63, 3.8) is 0 Å². The molecule has 0 radical (unpaired) electrons. The van der Waals surface area contributed by atoms with Crippen LogP contribution in [-0.2, 0) is 9.53 Å². The molecule has 0 aromatic heterocycles. The van der Waals surface area contributed by atoms with E-state index < -0.39 is 11.6 Å². The van der Waals surface area contributed by atoms with Gasteiger partial charge in [-0.3, -0.25) is 0 Å². The molecule has 1 fully saturated rings. The average Bonchev–Trinajstić information content (AvgIpc) is 3.10. The van der Waals surface area contributed by atoms with Crippen molar-refractivity contribution < 1.29 is 19.4 Å². The average molecular weight is 271 g/mol. The van der Waals surface area contributed by atoms with Crippen LogP contribution < -0.4 is 4.74 Å². The summed E-state index contributed by atoms with van der Waals surface area (Å²) >= 11 is 5.83. The van der Waals surface area contributed by atoms with E-state index in [9.17, 15) is 4.79 Å². The predicted molar refractivity (Wildman–Crippen MR) is 67.0 cm³/mol. The Balaban J connectivity index is 1.81. The summed E-state index contributed by atoms with van der Waals surface area (Å²) in [5.41, 5.74) is -0.988. The summed E-state index contributed by atoms with van der Waals surface area (Å²) in [4.78, 5) is 11.0. The van der Waals surface area contributed by atoms with E-state index in [4.69, 9.17) is 26.2 Å². The van der Waals surface area contributed by atoms with E-state index in [1.54, 1.807) is 12.1 Å². The Labute approximate surface area is 110 Å². The van der Waals surface area contributed by atoms with Gasteiger partial charge < -0.3 is 14.6 Å². The van der Waals surface area contributed by atoms with Crippen molar-refractivity contribution >= 4 is 17.6 Å². The zero-order valence-corrected chi connectivity index (χ0v) is 10.8. The lowest BCUT2D eigenvalue weighted by Gasteiger charge is -2.16. The minimum absolute atomic E-state index is 0.0748. The summed E-state index contributed by atoms with van der Waals surface area (Å²) in [5, 5.41) is 9.66. The third-order valence-corrected chi connectivity index (χ3v) is 3.46. The molecule has 0 bridgehead atoms. The Hall–Kier alpha value is -1.26. The number of rotatable bonds is 6. The van der Waals surface area contributed by atoms with Crippen LogP contribution in [0.3, 0.4) is 0 Å². The molecule has 0 spiro atoms. The SMILES string of the molecule is CC(CCOc1cccc(Cl)c1)C1(C(=O)O)CO1. The van der Waals surface area contributed by atoms with E-state index >= 15 is 0 Å². The summed E-state index contributed by atoms with van der Waals surface area (Å²) in [6.07, 6.45) is 0.624. The smallest absolute Gasteiger partial charge is 0.338 e. The molecule has 98 valence electrons. The highest BCUT2D eigenvalue weighted by Crippen LogP contribution is 2.37. The lowest BCUT2D eigenvalue weighted by atomic mass is 9.92. The van der Waals surface area contributed by atoms with Gasteiger partial charge in [-0.2, -0.15) is 0 Å². The molecule has 1 N–H and O–H groups in total. The summed E-state index contributed by atoms with van der Waals surface area (Å²) in [6, 6.07) is 7.13. The van der Waals surface area contributed by atoms with Crippen molar-refractivity contribution in [3.05, 3.63) is 29.3 Å². The maximum absolute atomic E-state index is 11.0. The second-order valence-corrected chi connectivity index (χ2v) is 4.92.